The summed E-state index contributed by atoms with van der Waals surface area (Å²) in [6.07, 6.45) is 0.737. The van der Waals surface area contributed by atoms with Gasteiger partial charge in [-0.2, -0.15) is 0 Å². The molecule has 0 radical (unpaired) electrons. The van der Waals surface area contributed by atoms with Crippen molar-refractivity contribution in [1.82, 2.24) is 0 Å². The zero-order valence-electron chi connectivity index (χ0n) is 13.5. The quantitative estimate of drug-likeness (QED) is 0.473. The van der Waals surface area contributed by atoms with E-state index in [1.54, 1.807) is 12.1 Å². The van der Waals surface area contributed by atoms with Gasteiger partial charge in [-0.3, -0.25) is 4.79 Å². The second-order valence-electron chi connectivity index (χ2n) is 5.45. The highest BCUT2D eigenvalue weighted by Gasteiger charge is 2.08. The lowest BCUT2D eigenvalue weighted by molar-refractivity contribution is -0.118. The van der Waals surface area contributed by atoms with E-state index >= 15 is 0 Å². The third kappa shape index (κ3) is 4.39. The van der Waals surface area contributed by atoms with E-state index in [1.165, 1.54) is 6.07 Å². The minimum atomic E-state index is -0.391. The average Bonchev–Trinajstić information content (AvgIpc) is 2.60. The third-order valence-electron chi connectivity index (χ3n) is 3.68. The van der Waals surface area contributed by atoms with Crippen LogP contribution in [0.3, 0.4) is 0 Å². The van der Waals surface area contributed by atoms with Gasteiger partial charge in [0.15, 0.2) is 6.61 Å². The number of carbonyl (C=O) groups is 1. The van der Waals surface area contributed by atoms with Crippen molar-refractivity contribution in [2.75, 3.05) is 11.9 Å². The van der Waals surface area contributed by atoms with Crippen molar-refractivity contribution in [2.45, 2.75) is 13.3 Å². The summed E-state index contributed by atoms with van der Waals surface area (Å²) in [6, 6.07) is 14.2. The van der Waals surface area contributed by atoms with Crippen LogP contribution in [-0.2, 0) is 11.2 Å². The summed E-state index contributed by atoms with van der Waals surface area (Å²) in [7, 11) is 0. The van der Waals surface area contributed by atoms with Gasteiger partial charge in [-0.15, -0.1) is 0 Å². The summed E-state index contributed by atoms with van der Waals surface area (Å²) in [5.41, 5.74) is 1.71. The Morgan fingerprint density at radius 1 is 1.16 bits per heavy atom. The molecule has 1 amide bonds. The first-order chi connectivity index (χ1) is 12.0. The van der Waals surface area contributed by atoms with Gasteiger partial charge in [0.05, 0.1) is 0 Å². The number of ether oxygens (including phenoxy) is 1. The monoisotopic (exact) mass is 449 g/mol. The topological polar surface area (TPSA) is 68.5 Å². The SMILES string of the molecule is CCc1cc(=O)oc2cc(OCC(=O)Nc3ccc(I)cc3)ccc12. The molecule has 1 heterocycles. The molecule has 1 aromatic heterocycles. The number of anilines is 1. The van der Waals surface area contributed by atoms with Crippen molar-refractivity contribution in [2.24, 2.45) is 0 Å². The molecule has 0 unspecified atom stereocenters. The lowest BCUT2D eigenvalue weighted by Crippen LogP contribution is -2.20. The molecule has 2 aromatic carbocycles. The Morgan fingerprint density at radius 3 is 2.64 bits per heavy atom. The summed E-state index contributed by atoms with van der Waals surface area (Å²) < 4.78 is 11.8. The first kappa shape index (κ1) is 17.5. The maximum Gasteiger partial charge on any atom is 0.336 e. The molecular formula is C19H16INO4. The Labute approximate surface area is 158 Å². The molecule has 0 aliphatic heterocycles. The maximum atomic E-state index is 12.0. The van der Waals surface area contributed by atoms with Crippen LogP contribution in [-0.4, -0.2) is 12.5 Å². The van der Waals surface area contributed by atoms with E-state index in [0.29, 0.717) is 17.0 Å². The van der Waals surface area contributed by atoms with Crippen LogP contribution in [0.15, 0.2) is 57.7 Å². The summed E-state index contributed by atoms with van der Waals surface area (Å²) in [5, 5.41) is 3.64. The van der Waals surface area contributed by atoms with Gasteiger partial charge in [-0.1, -0.05) is 6.92 Å². The van der Waals surface area contributed by atoms with Crippen LogP contribution < -0.4 is 15.7 Å². The van der Waals surface area contributed by atoms with E-state index in [9.17, 15) is 9.59 Å². The van der Waals surface area contributed by atoms with E-state index < -0.39 is 5.63 Å². The summed E-state index contributed by atoms with van der Waals surface area (Å²) in [5.74, 6) is 0.215. The Bertz CT molecular complexity index is 963. The Kier molecular flexibility index (Phi) is 5.37. The number of nitrogens with one attached hydrogen (secondary N) is 1. The van der Waals surface area contributed by atoms with E-state index in [-0.39, 0.29) is 12.5 Å². The predicted octanol–water partition coefficient (Wildman–Crippen LogP) is 3.98. The number of hydrogen-bond acceptors (Lipinski definition) is 4. The summed E-state index contributed by atoms with van der Waals surface area (Å²) in [4.78, 5) is 23.6. The molecule has 1 N–H and O–H groups in total. The number of amides is 1. The molecular weight excluding hydrogens is 433 g/mol. The molecule has 0 aliphatic carbocycles. The standard InChI is InChI=1S/C19H16INO4/c1-2-12-9-19(23)25-17-10-15(7-8-16(12)17)24-11-18(22)21-14-5-3-13(20)4-6-14/h3-10H,2,11H2,1H3,(H,21,22). The molecule has 128 valence electrons. The number of fused-ring (bicyclic) bond motifs is 1. The van der Waals surface area contributed by atoms with Crippen LogP contribution in [0.5, 0.6) is 5.75 Å². The number of halogens is 1. The lowest BCUT2D eigenvalue weighted by Gasteiger charge is -2.09. The number of aryl methyl sites for hydroxylation is 1. The van der Waals surface area contributed by atoms with Crippen molar-refractivity contribution < 1.29 is 13.9 Å². The van der Waals surface area contributed by atoms with Gasteiger partial charge in [0, 0.05) is 26.8 Å². The zero-order valence-corrected chi connectivity index (χ0v) is 15.7. The summed E-state index contributed by atoms with van der Waals surface area (Å²) >= 11 is 2.20. The van der Waals surface area contributed by atoms with Crippen LogP contribution in [0.1, 0.15) is 12.5 Å². The van der Waals surface area contributed by atoms with Gasteiger partial charge in [0.1, 0.15) is 11.3 Å². The fourth-order valence-corrected chi connectivity index (χ4v) is 2.83. The van der Waals surface area contributed by atoms with Crippen molar-refractivity contribution in [1.29, 1.82) is 0 Å². The molecule has 0 bridgehead atoms. The molecule has 25 heavy (non-hydrogen) atoms. The molecule has 3 aromatic rings. The van der Waals surface area contributed by atoms with Crippen molar-refractivity contribution in [3.8, 4) is 5.75 Å². The smallest absolute Gasteiger partial charge is 0.336 e. The molecule has 0 saturated carbocycles. The molecule has 3 rings (SSSR count). The molecule has 5 nitrogen and oxygen atoms in total. The van der Waals surface area contributed by atoms with E-state index in [4.69, 9.17) is 9.15 Å². The van der Waals surface area contributed by atoms with Crippen molar-refractivity contribution >= 4 is 45.2 Å². The van der Waals surface area contributed by atoms with Gasteiger partial charge in [0.25, 0.3) is 5.91 Å². The van der Waals surface area contributed by atoms with Gasteiger partial charge in [-0.25, -0.2) is 4.79 Å². The van der Waals surface area contributed by atoms with E-state index in [1.807, 2.05) is 37.3 Å². The number of rotatable bonds is 5. The second-order valence-corrected chi connectivity index (χ2v) is 6.69. The minimum Gasteiger partial charge on any atom is -0.484 e. The Hall–Kier alpha value is -2.35. The second kappa shape index (κ2) is 7.69. The molecule has 0 fully saturated rings. The number of carbonyl (C=O) groups excluding carboxylic acids is 1. The highest BCUT2D eigenvalue weighted by atomic mass is 127. The third-order valence-corrected chi connectivity index (χ3v) is 4.40. The molecule has 6 heteroatoms. The predicted molar refractivity (Wildman–Crippen MR) is 105 cm³/mol. The number of benzene rings is 2. The van der Waals surface area contributed by atoms with Gasteiger partial charge in [-0.05, 0) is 71.0 Å². The van der Waals surface area contributed by atoms with Gasteiger partial charge >= 0.3 is 5.63 Å². The van der Waals surface area contributed by atoms with Crippen molar-refractivity contribution in [3.63, 3.8) is 0 Å². The lowest BCUT2D eigenvalue weighted by atomic mass is 10.1. The van der Waals surface area contributed by atoms with Crippen LogP contribution >= 0.6 is 22.6 Å². The molecule has 0 aliphatic rings. The minimum absolute atomic E-state index is 0.130. The van der Waals surface area contributed by atoms with Crippen LogP contribution in [0, 0.1) is 3.57 Å². The Balaban J connectivity index is 1.69. The summed E-state index contributed by atoms with van der Waals surface area (Å²) in [6.45, 7) is 1.85. The molecule has 0 atom stereocenters. The Morgan fingerprint density at radius 2 is 1.92 bits per heavy atom. The zero-order chi connectivity index (χ0) is 17.8. The van der Waals surface area contributed by atoms with Crippen LogP contribution in [0.2, 0.25) is 0 Å². The normalized spacial score (nSPS) is 10.6. The molecule has 0 spiro atoms. The van der Waals surface area contributed by atoms with Gasteiger partial charge < -0.3 is 14.5 Å². The fraction of sp³-hybridized carbons (Fsp3) is 0.158. The first-order valence-electron chi connectivity index (χ1n) is 7.80. The highest BCUT2D eigenvalue weighted by Crippen LogP contribution is 2.23. The van der Waals surface area contributed by atoms with Crippen LogP contribution in [0.4, 0.5) is 5.69 Å². The van der Waals surface area contributed by atoms with Crippen molar-refractivity contribution in [3.05, 3.63) is 68.1 Å². The van der Waals surface area contributed by atoms with Gasteiger partial charge in [0.2, 0.25) is 0 Å². The van der Waals surface area contributed by atoms with E-state index in [2.05, 4.69) is 27.9 Å². The maximum absolute atomic E-state index is 12.0. The van der Waals surface area contributed by atoms with Crippen LogP contribution in [0.25, 0.3) is 11.0 Å². The largest absolute Gasteiger partial charge is 0.484 e. The van der Waals surface area contributed by atoms with E-state index in [0.717, 1.165) is 20.9 Å². The molecule has 0 saturated heterocycles. The number of hydrogen-bond donors (Lipinski definition) is 1. The fourth-order valence-electron chi connectivity index (χ4n) is 2.47. The highest BCUT2D eigenvalue weighted by molar-refractivity contribution is 14.1. The average molecular weight is 449 g/mol. The first-order valence-corrected chi connectivity index (χ1v) is 8.88.